The van der Waals surface area contributed by atoms with Crippen molar-refractivity contribution in [1.82, 2.24) is 9.97 Å². The number of hydrogen-bond acceptors (Lipinski definition) is 4. The molecule has 0 fully saturated rings. The van der Waals surface area contributed by atoms with Crippen molar-refractivity contribution in [2.75, 3.05) is 0 Å². The number of fused-ring (bicyclic) bond motifs is 3. The zero-order chi connectivity index (χ0) is 30.2. The Kier molecular flexibility index (Phi) is 6.72. The number of nitriles is 1. The van der Waals surface area contributed by atoms with E-state index in [1.807, 2.05) is 84.1 Å². The molecule has 0 radical (unpaired) electrons. The summed E-state index contributed by atoms with van der Waals surface area (Å²) in [6.07, 6.45) is 0. The lowest BCUT2D eigenvalue weighted by Crippen LogP contribution is -2.02. The maximum atomic E-state index is 10.6. The predicted octanol–water partition coefficient (Wildman–Crippen LogP) is 11.1. The fraction of sp³-hybridized carbons (Fsp3) is 0. The van der Waals surface area contributed by atoms with Crippen LogP contribution in [0.15, 0.2) is 152 Å². The molecule has 0 unspecified atom stereocenters. The van der Waals surface area contributed by atoms with Crippen LogP contribution in [0.25, 0.3) is 76.3 Å². The SMILES string of the molecule is N#Cc1c(-c2ccccc2)nc(-c2ccccc2)nc1-c1ccccc1-c1cccc(-c2cccc3c2sc2ccccc23)c1. The van der Waals surface area contributed by atoms with Gasteiger partial charge in [0.25, 0.3) is 0 Å². The van der Waals surface area contributed by atoms with Crippen LogP contribution >= 0.6 is 11.3 Å². The van der Waals surface area contributed by atoms with E-state index in [1.54, 1.807) is 0 Å². The van der Waals surface area contributed by atoms with Gasteiger partial charge in [-0.3, -0.25) is 0 Å². The summed E-state index contributed by atoms with van der Waals surface area (Å²) in [7, 11) is 0. The molecular weight excluding hydrogens is 567 g/mol. The fourth-order valence-corrected chi connectivity index (χ4v) is 7.29. The summed E-state index contributed by atoms with van der Waals surface area (Å²) < 4.78 is 2.57. The van der Waals surface area contributed by atoms with Crippen LogP contribution in [0, 0.1) is 11.3 Å². The summed E-state index contributed by atoms with van der Waals surface area (Å²) in [6, 6.07) is 54.4. The number of nitrogens with zero attached hydrogens (tertiary/aromatic N) is 3. The molecule has 6 aromatic carbocycles. The number of benzene rings is 6. The van der Waals surface area contributed by atoms with E-state index in [2.05, 4.69) is 84.9 Å². The topological polar surface area (TPSA) is 49.6 Å². The third-order valence-electron chi connectivity index (χ3n) is 8.17. The first-order chi connectivity index (χ1) is 22.3. The van der Waals surface area contributed by atoms with Gasteiger partial charge in [0.2, 0.25) is 0 Å². The van der Waals surface area contributed by atoms with Crippen molar-refractivity contribution in [1.29, 1.82) is 5.26 Å². The average Bonchev–Trinajstić information content (AvgIpc) is 3.51. The van der Waals surface area contributed by atoms with Gasteiger partial charge in [0.15, 0.2) is 5.82 Å². The molecule has 0 atom stereocenters. The molecule has 0 aliphatic carbocycles. The molecule has 0 aliphatic rings. The van der Waals surface area contributed by atoms with Gasteiger partial charge in [-0.2, -0.15) is 5.26 Å². The Morgan fingerprint density at radius 2 is 1.02 bits per heavy atom. The molecule has 0 aliphatic heterocycles. The van der Waals surface area contributed by atoms with Gasteiger partial charge in [0.05, 0.1) is 11.4 Å². The molecule has 210 valence electrons. The van der Waals surface area contributed by atoms with Crippen LogP contribution in [0.4, 0.5) is 0 Å². The molecule has 0 amide bonds. The first-order valence-corrected chi connectivity index (χ1v) is 15.6. The molecule has 2 aromatic heterocycles. The molecule has 45 heavy (non-hydrogen) atoms. The highest BCUT2D eigenvalue weighted by atomic mass is 32.1. The fourth-order valence-electron chi connectivity index (χ4n) is 6.05. The Hall–Kier alpha value is -5.89. The normalized spacial score (nSPS) is 11.1. The van der Waals surface area contributed by atoms with Crippen molar-refractivity contribution < 1.29 is 0 Å². The first kappa shape index (κ1) is 26.7. The van der Waals surface area contributed by atoms with Gasteiger partial charge in [-0.25, -0.2) is 9.97 Å². The molecule has 0 N–H and O–H groups in total. The Balaban J connectivity index is 1.33. The molecule has 3 nitrogen and oxygen atoms in total. The standard InChI is InChI=1S/C41H25N3S/c42-26-36-38(27-13-3-1-4-14-27)43-41(28-15-5-2-6-16-28)44-39(36)34-21-8-7-19-31(34)29-17-11-18-30(25-29)32-22-12-23-35-33-20-9-10-24-37(33)45-40(32)35/h1-25H. The molecular formula is C41H25N3S. The van der Waals surface area contributed by atoms with Crippen molar-refractivity contribution in [2.24, 2.45) is 0 Å². The predicted molar refractivity (Wildman–Crippen MR) is 187 cm³/mol. The number of rotatable bonds is 5. The van der Waals surface area contributed by atoms with Crippen molar-refractivity contribution in [3.05, 3.63) is 157 Å². The van der Waals surface area contributed by atoms with E-state index in [4.69, 9.17) is 9.97 Å². The lowest BCUT2D eigenvalue weighted by atomic mass is 9.92. The quantitative estimate of drug-likeness (QED) is 0.200. The third-order valence-corrected chi connectivity index (χ3v) is 9.39. The second kappa shape index (κ2) is 11.3. The van der Waals surface area contributed by atoms with E-state index >= 15 is 0 Å². The third kappa shape index (κ3) is 4.77. The average molecular weight is 592 g/mol. The molecule has 0 bridgehead atoms. The minimum absolute atomic E-state index is 0.458. The van der Waals surface area contributed by atoms with Crippen molar-refractivity contribution in [2.45, 2.75) is 0 Å². The van der Waals surface area contributed by atoms with Crippen molar-refractivity contribution >= 4 is 31.5 Å². The zero-order valence-electron chi connectivity index (χ0n) is 24.2. The molecule has 2 heterocycles. The van der Waals surface area contributed by atoms with Crippen molar-refractivity contribution in [3.8, 4) is 62.2 Å². The van der Waals surface area contributed by atoms with Crippen molar-refractivity contribution in [3.63, 3.8) is 0 Å². The van der Waals surface area contributed by atoms with Crippen LogP contribution in [0.5, 0.6) is 0 Å². The van der Waals surface area contributed by atoms with Crippen LogP contribution < -0.4 is 0 Å². The number of thiophene rings is 1. The molecule has 8 aromatic rings. The molecule has 4 heteroatoms. The van der Waals surface area contributed by atoms with Crippen LogP contribution in [0.3, 0.4) is 0 Å². The van der Waals surface area contributed by atoms with Gasteiger partial charge in [-0.05, 0) is 34.4 Å². The van der Waals surface area contributed by atoms with Gasteiger partial charge in [-0.15, -0.1) is 11.3 Å². The van der Waals surface area contributed by atoms with Gasteiger partial charge < -0.3 is 0 Å². The van der Waals surface area contributed by atoms with Gasteiger partial charge in [0.1, 0.15) is 11.6 Å². The maximum Gasteiger partial charge on any atom is 0.160 e. The Bertz CT molecular complexity index is 2390. The summed E-state index contributed by atoms with van der Waals surface area (Å²) in [4.78, 5) is 10.0. The van der Waals surface area contributed by atoms with E-state index in [0.717, 1.165) is 33.4 Å². The van der Waals surface area contributed by atoms with Gasteiger partial charge in [0, 0.05) is 36.9 Å². The van der Waals surface area contributed by atoms with E-state index in [-0.39, 0.29) is 0 Å². The monoisotopic (exact) mass is 591 g/mol. The minimum Gasteiger partial charge on any atom is -0.227 e. The molecule has 8 rings (SSSR count). The van der Waals surface area contributed by atoms with Crippen LogP contribution in [-0.4, -0.2) is 9.97 Å². The Labute approximate surface area is 265 Å². The largest absolute Gasteiger partial charge is 0.227 e. The highest BCUT2D eigenvalue weighted by molar-refractivity contribution is 7.26. The molecule has 0 saturated carbocycles. The van der Waals surface area contributed by atoms with E-state index in [0.29, 0.717) is 22.8 Å². The molecule has 0 spiro atoms. The van der Waals surface area contributed by atoms with Crippen LogP contribution in [0.2, 0.25) is 0 Å². The maximum absolute atomic E-state index is 10.6. The van der Waals surface area contributed by atoms with Crippen LogP contribution in [-0.2, 0) is 0 Å². The summed E-state index contributed by atoms with van der Waals surface area (Å²) in [5.74, 6) is 0.587. The lowest BCUT2D eigenvalue weighted by molar-refractivity contribution is 1.17. The van der Waals surface area contributed by atoms with Gasteiger partial charge in [-0.1, -0.05) is 140 Å². The summed E-state index contributed by atoms with van der Waals surface area (Å²) in [5.41, 5.74) is 8.81. The molecule has 0 saturated heterocycles. The smallest absolute Gasteiger partial charge is 0.160 e. The van der Waals surface area contributed by atoms with E-state index in [9.17, 15) is 5.26 Å². The van der Waals surface area contributed by atoms with Crippen LogP contribution in [0.1, 0.15) is 5.56 Å². The highest BCUT2D eigenvalue weighted by Crippen LogP contribution is 2.42. The minimum atomic E-state index is 0.458. The zero-order valence-corrected chi connectivity index (χ0v) is 25.0. The number of hydrogen-bond donors (Lipinski definition) is 0. The summed E-state index contributed by atoms with van der Waals surface area (Å²) in [6.45, 7) is 0. The Morgan fingerprint density at radius 3 is 1.80 bits per heavy atom. The summed E-state index contributed by atoms with van der Waals surface area (Å²) in [5, 5.41) is 13.1. The van der Waals surface area contributed by atoms with E-state index in [1.165, 1.54) is 25.7 Å². The lowest BCUT2D eigenvalue weighted by Gasteiger charge is -2.15. The second-order valence-corrected chi connectivity index (χ2v) is 11.9. The first-order valence-electron chi connectivity index (χ1n) is 14.8. The van der Waals surface area contributed by atoms with Gasteiger partial charge >= 0.3 is 0 Å². The van der Waals surface area contributed by atoms with E-state index < -0.39 is 0 Å². The highest BCUT2D eigenvalue weighted by Gasteiger charge is 2.21. The second-order valence-electron chi connectivity index (χ2n) is 10.9. The summed E-state index contributed by atoms with van der Waals surface area (Å²) >= 11 is 1.84. The number of aromatic nitrogens is 2. The Morgan fingerprint density at radius 1 is 0.467 bits per heavy atom.